The van der Waals surface area contributed by atoms with Gasteiger partial charge in [-0.1, -0.05) is 84.4 Å². The Bertz CT molecular complexity index is 1650. The number of nitrogens with one attached hydrogen (secondary N) is 1. The number of hydrazone groups is 1. The lowest BCUT2D eigenvalue weighted by Crippen LogP contribution is -2.30. The van der Waals surface area contributed by atoms with Crippen molar-refractivity contribution in [3.8, 4) is 0 Å². The van der Waals surface area contributed by atoms with E-state index in [4.69, 9.17) is 16.6 Å². The van der Waals surface area contributed by atoms with Crippen LogP contribution in [0.3, 0.4) is 0 Å². The number of hydrogen-bond donors (Lipinski definition) is 1. The third kappa shape index (κ3) is 5.27. The van der Waals surface area contributed by atoms with Gasteiger partial charge in [0.2, 0.25) is 5.95 Å². The van der Waals surface area contributed by atoms with Gasteiger partial charge in [0, 0.05) is 29.5 Å². The number of fused-ring (bicyclic) bond motifs is 3. The van der Waals surface area contributed by atoms with Gasteiger partial charge in [0.15, 0.2) is 0 Å². The van der Waals surface area contributed by atoms with Gasteiger partial charge in [0.1, 0.15) is 4.83 Å². The van der Waals surface area contributed by atoms with Gasteiger partial charge in [-0.3, -0.25) is 14.3 Å². The normalized spacial score (nSPS) is 13.7. The van der Waals surface area contributed by atoms with Gasteiger partial charge in [-0.05, 0) is 40.8 Å². The summed E-state index contributed by atoms with van der Waals surface area (Å²) in [4.78, 5) is 23.3. The highest BCUT2D eigenvalue weighted by Gasteiger charge is 2.25. The molecule has 1 aliphatic heterocycles. The molecule has 0 saturated heterocycles. The zero-order valence-electron chi connectivity index (χ0n) is 20.7. The Morgan fingerprint density at radius 1 is 0.947 bits per heavy atom. The molecule has 0 unspecified atom stereocenters. The Labute approximate surface area is 229 Å². The molecule has 0 bridgehead atoms. The van der Waals surface area contributed by atoms with Gasteiger partial charge in [-0.25, -0.2) is 10.4 Å². The van der Waals surface area contributed by atoms with Crippen molar-refractivity contribution < 1.29 is 0 Å². The summed E-state index contributed by atoms with van der Waals surface area (Å²) in [6, 6.07) is 27.9. The van der Waals surface area contributed by atoms with Crippen molar-refractivity contribution >= 4 is 45.3 Å². The van der Waals surface area contributed by atoms with Crippen LogP contribution in [0.15, 0.2) is 94.8 Å². The lowest BCUT2D eigenvalue weighted by Gasteiger charge is -2.26. The zero-order chi connectivity index (χ0) is 25.9. The van der Waals surface area contributed by atoms with Gasteiger partial charge in [0.25, 0.3) is 5.56 Å². The van der Waals surface area contributed by atoms with Crippen molar-refractivity contribution in [3.05, 3.63) is 127 Å². The molecule has 0 atom stereocenters. The second kappa shape index (κ2) is 10.9. The minimum atomic E-state index is -0.0305. The summed E-state index contributed by atoms with van der Waals surface area (Å²) in [7, 11) is 0. The van der Waals surface area contributed by atoms with E-state index in [0.717, 1.165) is 53.0 Å². The summed E-state index contributed by atoms with van der Waals surface area (Å²) in [5.41, 5.74) is 7.37. The molecular formula is C30H26ClN5OS. The zero-order valence-corrected chi connectivity index (χ0v) is 22.3. The molecule has 190 valence electrons. The summed E-state index contributed by atoms with van der Waals surface area (Å²) in [5, 5.41) is 5.80. The third-order valence-electron chi connectivity index (χ3n) is 6.72. The molecule has 5 aromatic rings. The van der Waals surface area contributed by atoms with E-state index in [1.807, 2.05) is 60.7 Å². The Morgan fingerprint density at radius 2 is 1.63 bits per heavy atom. The van der Waals surface area contributed by atoms with Crippen molar-refractivity contribution in [3.63, 3.8) is 0 Å². The van der Waals surface area contributed by atoms with Crippen LogP contribution in [-0.2, 0) is 26.1 Å². The number of anilines is 1. The first-order valence-corrected chi connectivity index (χ1v) is 13.7. The van der Waals surface area contributed by atoms with E-state index in [-0.39, 0.29) is 5.56 Å². The Morgan fingerprint density at radius 3 is 2.34 bits per heavy atom. The largest absolute Gasteiger partial charge is 0.294 e. The molecule has 0 amide bonds. The first kappa shape index (κ1) is 24.6. The van der Waals surface area contributed by atoms with Crippen LogP contribution < -0.4 is 11.0 Å². The van der Waals surface area contributed by atoms with E-state index < -0.39 is 0 Å². The highest BCUT2D eigenvalue weighted by molar-refractivity contribution is 7.18. The number of aromatic nitrogens is 2. The van der Waals surface area contributed by atoms with E-state index in [1.54, 1.807) is 22.1 Å². The van der Waals surface area contributed by atoms with Crippen molar-refractivity contribution in [2.24, 2.45) is 5.10 Å². The van der Waals surface area contributed by atoms with Gasteiger partial charge in [-0.15, -0.1) is 11.3 Å². The number of nitrogens with zero attached hydrogens (tertiary/aromatic N) is 4. The van der Waals surface area contributed by atoms with Crippen LogP contribution in [0.2, 0.25) is 5.02 Å². The summed E-state index contributed by atoms with van der Waals surface area (Å²) in [6.07, 6.45) is 2.53. The molecule has 0 aliphatic carbocycles. The third-order valence-corrected chi connectivity index (χ3v) is 8.08. The molecule has 0 fully saturated rings. The van der Waals surface area contributed by atoms with Gasteiger partial charge < -0.3 is 0 Å². The van der Waals surface area contributed by atoms with Crippen LogP contribution in [0.5, 0.6) is 0 Å². The number of rotatable bonds is 7. The molecule has 6 nitrogen and oxygen atoms in total. The maximum absolute atomic E-state index is 13.9. The van der Waals surface area contributed by atoms with Crippen LogP contribution in [-0.4, -0.2) is 27.2 Å². The monoisotopic (exact) mass is 539 g/mol. The molecule has 6 rings (SSSR count). The van der Waals surface area contributed by atoms with E-state index in [9.17, 15) is 4.79 Å². The maximum atomic E-state index is 13.9. The highest BCUT2D eigenvalue weighted by atomic mass is 35.5. The standard InChI is InChI=1S/C30H26ClN5OS/c31-24-13-11-21(12-14-24)17-32-34-30-33-28-27(29(37)36(30)19-23-9-5-2-6-10-23)25-15-16-35(20-26(25)38-28)18-22-7-3-1-4-8-22/h1-14,17H,15-16,18-20H2,(H,33,34)/b32-17+. The summed E-state index contributed by atoms with van der Waals surface area (Å²) < 4.78 is 1.69. The van der Waals surface area contributed by atoms with E-state index in [1.165, 1.54) is 10.4 Å². The lowest BCUT2D eigenvalue weighted by atomic mass is 10.0. The lowest BCUT2D eigenvalue weighted by molar-refractivity contribution is 0.249. The average molecular weight is 540 g/mol. The molecular weight excluding hydrogens is 514 g/mol. The van der Waals surface area contributed by atoms with Crippen LogP contribution >= 0.6 is 22.9 Å². The molecule has 8 heteroatoms. The van der Waals surface area contributed by atoms with E-state index in [2.05, 4.69) is 39.7 Å². The molecule has 1 aliphatic rings. The molecule has 0 saturated carbocycles. The smallest absolute Gasteiger partial charge is 0.264 e. The predicted molar refractivity (Wildman–Crippen MR) is 156 cm³/mol. The number of hydrogen-bond acceptors (Lipinski definition) is 6. The quantitative estimate of drug-likeness (QED) is 0.199. The van der Waals surface area contributed by atoms with Crippen LogP contribution in [0.4, 0.5) is 5.95 Å². The van der Waals surface area contributed by atoms with Crippen molar-refractivity contribution in [2.75, 3.05) is 12.0 Å². The Kier molecular flexibility index (Phi) is 7.05. The van der Waals surface area contributed by atoms with Gasteiger partial charge >= 0.3 is 0 Å². The molecule has 3 heterocycles. The minimum Gasteiger partial charge on any atom is -0.294 e. The van der Waals surface area contributed by atoms with Crippen molar-refractivity contribution in [1.82, 2.24) is 14.5 Å². The average Bonchev–Trinajstić information content (AvgIpc) is 3.30. The summed E-state index contributed by atoms with van der Waals surface area (Å²) in [6.45, 7) is 3.04. The van der Waals surface area contributed by atoms with E-state index in [0.29, 0.717) is 17.5 Å². The molecule has 1 N–H and O–H groups in total. The number of benzene rings is 3. The molecule has 0 radical (unpaired) electrons. The summed E-state index contributed by atoms with van der Waals surface area (Å²) in [5.74, 6) is 0.427. The molecule has 2 aromatic heterocycles. The van der Waals surface area contributed by atoms with Crippen molar-refractivity contribution in [1.29, 1.82) is 0 Å². The van der Waals surface area contributed by atoms with Crippen LogP contribution in [0.1, 0.15) is 27.1 Å². The van der Waals surface area contributed by atoms with Crippen LogP contribution in [0.25, 0.3) is 10.2 Å². The predicted octanol–water partition coefficient (Wildman–Crippen LogP) is 6.16. The fourth-order valence-electron chi connectivity index (χ4n) is 4.82. The number of thiophene rings is 1. The molecule has 3 aromatic carbocycles. The fourth-order valence-corrected chi connectivity index (χ4v) is 6.20. The second-order valence-electron chi connectivity index (χ2n) is 9.36. The SMILES string of the molecule is O=c1c2c3c(sc2nc(N/N=C/c2ccc(Cl)cc2)n1Cc1ccccc1)CN(Cc1ccccc1)CC3. The molecule has 0 spiro atoms. The highest BCUT2D eigenvalue weighted by Crippen LogP contribution is 2.33. The summed E-state index contributed by atoms with van der Waals surface area (Å²) >= 11 is 7.61. The molecule has 38 heavy (non-hydrogen) atoms. The first-order chi connectivity index (χ1) is 18.6. The van der Waals surface area contributed by atoms with Crippen LogP contribution in [0, 0.1) is 0 Å². The maximum Gasteiger partial charge on any atom is 0.264 e. The van der Waals surface area contributed by atoms with E-state index >= 15 is 0 Å². The van der Waals surface area contributed by atoms with Gasteiger partial charge in [-0.2, -0.15) is 5.10 Å². The Balaban J connectivity index is 1.35. The minimum absolute atomic E-state index is 0.0305. The second-order valence-corrected chi connectivity index (χ2v) is 10.9. The fraction of sp³-hybridized carbons (Fsp3) is 0.167. The Hall–Kier alpha value is -3.78. The number of halogens is 1. The topological polar surface area (TPSA) is 62.5 Å². The van der Waals surface area contributed by atoms with Crippen molar-refractivity contribution in [2.45, 2.75) is 26.1 Å². The first-order valence-electron chi connectivity index (χ1n) is 12.5. The van der Waals surface area contributed by atoms with Gasteiger partial charge in [0.05, 0.1) is 18.1 Å².